The quantitative estimate of drug-likeness (QED) is 0.487. The first-order valence-electron chi connectivity index (χ1n) is 5.27. The van der Waals surface area contributed by atoms with E-state index in [9.17, 15) is 0 Å². The van der Waals surface area contributed by atoms with E-state index in [1.54, 1.807) is 0 Å². The minimum absolute atomic E-state index is 0.690. The first kappa shape index (κ1) is 10.3. The zero-order valence-electron chi connectivity index (χ0n) is 8.74. The number of hydrogen-bond acceptors (Lipinski definition) is 0. The standard InChI is InChI=1S/C13H20/c1-12-8-5-3-4-6-9-13(2)11-7-10-12/h3-7,10,12-13H,8-9,11H2,1-2H3. The number of allylic oxidation sites excluding steroid dienone is 6. The Labute approximate surface area is 82.0 Å². The van der Waals surface area contributed by atoms with Gasteiger partial charge in [-0.25, -0.2) is 0 Å². The molecule has 0 saturated heterocycles. The van der Waals surface area contributed by atoms with Gasteiger partial charge in [-0.1, -0.05) is 50.3 Å². The maximum atomic E-state index is 2.34. The molecular weight excluding hydrogens is 156 g/mol. The van der Waals surface area contributed by atoms with Crippen LogP contribution in [-0.4, -0.2) is 0 Å². The summed E-state index contributed by atoms with van der Waals surface area (Å²) in [6.45, 7) is 4.58. The lowest BCUT2D eigenvalue weighted by Gasteiger charge is -2.04. The largest absolute Gasteiger partial charge is 0.0880 e. The van der Waals surface area contributed by atoms with E-state index in [1.807, 2.05) is 0 Å². The Kier molecular flexibility index (Phi) is 4.59. The second-order valence-electron chi connectivity index (χ2n) is 4.07. The van der Waals surface area contributed by atoms with Crippen LogP contribution in [0.3, 0.4) is 0 Å². The van der Waals surface area contributed by atoms with Crippen LogP contribution in [0.2, 0.25) is 0 Å². The molecule has 1 aliphatic carbocycles. The molecule has 0 aromatic heterocycles. The fraction of sp³-hybridized carbons (Fsp3) is 0.538. The first-order chi connectivity index (χ1) is 6.29. The number of hydrogen-bond donors (Lipinski definition) is 0. The van der Waals surface area contributed by atoms with Crippen molar-refractivity contribution in [1.82, 2.24) is 0 Å². The van der Waals surface area contributed by atoms with Crippen molar-refractivity contribution in [1.29, 1.82) is 0 Å². The summed E-state index contributed by atoms with van der Waals surface area (Å²) in [6.07, 6.45) is 17.1. The highest BCUT2D eigenvalue weighted by Crippen LogP contribution is 2.13. The van der Waals surface area contributed by atoms with E-state index in [0.29, 0.717) is 5.92 Å². The summed E-state index contributed by atoms with van der Waals surface area (Å²) in [7, 11) is 0. The van der Waals surface area contributed by atoms with Crippen molar-refractivity contribution in [3.05, 3.63) is 36.5 Å². The molecule has 72 valence electrons. The maximum Gasteiger partial charge on any atom is -0.0227 e. The average Bonchev–Trinajstić information content (AvgIpc) is 2.13. The minimum Gasteiger partial charge on any atom is -0.0880 e. The van der Waals surface area contributed by atoms with E-state index < -0.39 is 0 Å². The predicted molar refractivity (Wildman–Crippen MR) is 59.6 cm³/mol. The molecule has 0 heterocycles. The fourth-order valence-electron chi connectivity index (χ4n) is 1.48. The smallest absolute Gasteiger partial charge is 0.0227 e. The Morgan fingerprint density at radius 3 is 2.23 bits per heavy atom. The predicted octanol–water partition coefficient (Wildman–Crippen LogP) is 4.11. The third-order valence-corrected chi connectivity index (χ3v) is 2.43. The van der Waals surface area contributed by atoms with Crippen molar-refractivity contribution in [2.24, 2.45) is 11.8 Å². The van der Waals surface area contributed by atoms with Gasteiger partial charge in [-0.05, 0) is 31.1 Å². The SMILES string of the molecule is CC1C=CCC(C)CC=CC=CC1. The van der Waals surface area contributed by atoms with Crippen LogP contribution in [-0.2, 0) is 0 Å². The molecule has 1 aliphatic rings. The highest BCUT2D eigenvalue weighted by Gasteiger charge is 1.98. The molecule has 13 heavy (non-hydrogen) atoms. The fourth-order valence-corrected chi connectivity index (χ4v) is 1.48. The van der Waals surface area contributed by atoms with Gasteiger partial charge in [-0.15, -0.1) is 0 Å². The van der Waals surface area contributed by atoms with Crippen LogP contribution in [0.25, 0.3) is 0 Å². The number of rotatable bonds is 0. The van der Waals surface area contributed by atoms with Crippen molar-refractivity contribution in [2.45, 2.75) is 33.1 Å². The summed E-state index contributed by atoms with van der Waals surface area (Å²) in [5.74, 6) is 1.47. The molecule has 0 spiro atoms. The van der Waals surface area contributed by atoms with Crippen LogP contribution in [0.1, 0.15) is 33.1 Å². The monoisotopic (exact) mass is 176 g/mol. The van der Waals surface area contributed by atoms with Crippen molar-refractivity contribution in [2.75, 3.05) is 0 Å². The Bertz CT molecular complexity index is 208. The molecule has 0 heteroatoms. The zero-order chi connectivity index (χ0) is 9.52. The third-order valence-electron chi connectivity index (χ3n) is 2.43. The average molecular weight is 176 g/mol. The van der Waals surface area contributed by atoms with Gasteiger partial charge in [-0.2, -0.15) is 0 Å². The van der Waals surface area contributed by atoms with Crippen molar-refractivity contribution in [3.63, 3.8) is 0 Å². The van der Waals surface area contributed by atoms with Gasteiger partial charge in [0, 0.05) is 0 Å². The van der Waals surface area contributed by atoms with Crippen molar-refractivity contribution < 1.29 is 0 Å². The second-order valence-corrected chi connectivity index (χ2v) is 4.07. The lowest BCUT2D eigenvalue weighted by Crippen LogP contribution is -1.90. The molecule has 0 N–H and O–H groups in total. The summed E-state index contributed by atoms with van der Waals surface area (Å²) >= 11 is 0. The Balaban J connectivity index is 2.54. The summed E-state index contributed by atoms with van der Waals surface area (Å²) in [5, 5.41) is 0. The molecule has 0 nitrogen and oxygen atoms in total. The lowest BCUT2D eigenvalue weighted by molar-refractivity contribution is 0.599. The maximum absolute atomic E-state index is 2.34. The lowest BCUT2D eigenvalue weighted by atomic mass is 10.0. The first-order valence-corrected chi connectivity index (χ1v) is 5.27. The summed E-state index contributed by atoms with van der Waals surface area (Å²) in [6, 6.07) is 0. The van der Waals surface area contributed by atoms with Gasteiger partial charge in [0.15, 0.2) is 0 Å². The van der Waals surface area contributed by atoms with Gasteiger partial charge in [0.25, 0.3) is 0 Å². The topological polar surface area (TPSA) is 0 Å². The zero-order valence-corrected chi connectivity index (χ0v) is 8.74. The highest BCUT2D eigenvalue weighted by atomic mass is 14.0. The van der Waals surface area contributed by atoms with Gasteiger partial charge in [-0.3, -0.25) is 0 Å². The molecule has 2 unspecified atom stereocenters. The van der Waals surface area contributed by atoms with E-state index in [2.05, 4.69) is 50.3 Å². The van der Waals surface area contributed by atoms with Gasteiger partial charge in [0.05, 0.1) is 0 Å². The van der Waals surface area contributed by atoms with Crippen LogP contribution in [0.4, 0.5) is 0 Å². The second kappa shape index (κ2) is 5.80. The molecule has 0 bridgehead atoms. The molecule has 0 aliphatic heterocycles. The van der Waals surface area contributed by atoms with Gasteiger partial charge in [0.2, 0.25) is 0 Å². The van der Waals surface area contributed by atoms with Gasteiger partial charge < -0.3 is 0 Å². The van der Waals surface area contributed by atoms with Crippen LogP contribution in [0.15, 0.2) is 36.5 Å². The molecule has 0 radical (unpaired) electrons. The van der Waals surface area contributed by atoms with Crippen molar-refractivity contribution >= 4 is 0 Å². The summed E-state index contributed by atoms with van der Waals surface area (Å²) in [5.41, 5.74) is 0. The molecule has 0 fully saturated rings. The molecule has 0 aromatic rings. The van der Waals surface area contributed by atoms with Gasteiger partial charge >= 0.3 is 0 Å². The van der Waals surface area contributed by atoms with E-state index in [0.717, 1.165) is 12.3 Å². The van der Waals surface area contributed by atoms with Gasteiger partial charge in [0.1, 0.15) is 0 Å². The Hall–Kier alpha value is -0.780. The minimum atomic E-state index is 0.690. The molecule has 0 aromatic carbocycles. The Morgan fingerprint density at radius 1 is 0.846 bits per heavy atom. The third kappa shape index (κ3) is 4.72. The summed E-state index contributed by atoms with van der Waals surface area (Å²) in [4.78, 5) is 0. The highest BCUT2D eigenvalue weighted by molar-refractivity contribution is 5.05. The Morgan fingerprint density at radius 2 is 1.46 bits per heavy atom. The van der Waals surface area contributed by atoms with Crippen LogP contribution in [0, 0.1) is 11.8 Å². The normalized spacial score (nSPS) is 30.0. The molecular formula is C13H20. The van der Waals surface area contributed by atoms with E-state index >= 15 is 0 Å². The van der Waals surface area contributed by atoms with Crippen LogP contribution in [0.5, 0.6) is 0 Å². The molecule has 2 atom stereocenters. The molecule has 1 rings (SSSR count). The van der Waals surface area contributed by atoms with Crippen LogP contribution < -0.4 is 0 Å². The molecule has 0 saturated carbocycles. The van der Waals surface area contributed by atoms with E-state index in [-0.39, 0.29) is 0 Å². The summed E-state index contributed by atoms with van der Waals surface area (Å²) < 4.78 is 0. The van der Waals surface area contributed by atoms with E-state index in [4.69, 9.17) is 0 Å². The van der Waals surface area contributed by atoms with Crippen molar-refractivity contribution in [3.8, 4) is 0 Å². The van der Waals surface area contributed by atoms with E-state index in [1.165, 1.54) is 12.8 Å². The molecule has 0 amide bonds. The van der Waals surface area contributed by atoms with Crippen LogP contribution >= 0.6 is 0 Å².